The Hall–Kier alpha value is -1.86. The summed E-state index contributed by atoms with van der Waals surface area (Å²) in [4.78, 5) is 12.9. The number of carbonyl (C=O) groups is 1. The fourth-order valence-electron chi connectivity index (χ4n) is 2.75. The predicted octanol–water partition coefficient (Wildman–Crippen LogP) is 2.72. The minimum absolute atomic E-state index is 0.103. The van der Waals surface area contributed by atoms with Crippen LogP contribution in [-0.2, 0) is 44.6 Å². The number of aromatic nitrogens is 1. The molecule has 24 heavy (non-hydrogen) atoms. The van der Waals surface area contributed by atoms with E-state index in [0.29, 0.717) is 70.5 Å². The molecule has 0 aliphatic heterocycles. The van der Waals surface area contributed by atoms with E-state index in [4.69, 9.17) is 4.52 Å². The third kappa shape index (κ3) is 3.79. The molecule has 0 spiro atoms. The standard InChI is InChI=1S/C17H17NO4S2/c19-16(15-10-18-22-17(15)12-2-3-12)14-4-1-11(5-7-23-20)9-13(14)6-8-24-21/h1,4,9-10,12H,2-3,5-8H2/q+2. The van der Waals surface area contributed by atoms with Gasteiger partial charge in [-0.3, -0.25) is 4.79 Å². The van der Waals surface area contributed by atoms with Gasteiger partial charge in [0.2, 0.25) is 11.5 Å². The lowest BCUT2D eigenvalue weighted by molar-refractivity contribution is 0.103. The Balaban J connectivity index is 1.92. The van der Waals surface area contributed by atoms with E-state index in [1.165, 1.54) is 6.20 Å². The van der Waals surface area contributed by atoms with Crippen molar-refractivity contribution in [2.75, 3.05) is 11.5 Å². The van der Waals surface area contributed by atoms with Gasteiger partial charge in [-0.05, 0) is 24.0 Å². The fourth-order valence-corrected chi connectivity index (χ4v) is 3.37. The van der Waals surface area contributed by atoms with E-state index in [1.807, 2.05) is 12.1 Å². The van der Waals surface area contributed by atoms with Crippen LogP contribution in [0.5, 0.6) is 0 Å². The van der Waals surface area contributed by atoms with E-state index < -0.39 is 0 Å². The van der Waals surface area contributed by atoms with Crippen molar-refractivity contribution >= 4 is 29.1 Å². The monoisotopic (exact) mass is 363 g/mol. The predicted molar refractivity (Wildman–Crippen MR) is 91.6 cm³/mol. The second kappa shape index (κ2) is 7.81. The number of carbonyl (C=O) groups excluding carboxylic acids is 1. The topological polar surface area (TPSA) is 77.2 Å². The fraction of sp³-hybridized carbons (Fsp3) is 0.412. The molecule has 0 radical (unpaired) electrons. The van der Waals surface area contributed by atoms with Crippen LogP contribution in [0.2, 0.25) is 0 Å². The van der Waals surface area contributed by atoms with Crippen LogP contribution < -0.4 is 0 Å². The summed E-state index contributed by atoms with van der Waals surface area (Å²) in [5, 5.41) is 3.79. The average molecular weight is 363 g/mol. The molecule has 1 aromatic heterocycles. The van der Waals surface area contributed by atoms with Gasteiger partial charge in [-0.2, -0.15) is 0 Å². The average Bonchev–Trinajstić information content (AvgIpc) is 3.34. The molecule has 0 saturated heterocycles. The third-order valence-corrected chi connectivity index (χ3v) is 4.88. The van der Waals surface area contributed by atoms with Crippen molar-refractivity contribution in [1.29, 1.82) is 0 Å². The molecule has 124 valence electrons. The normalized spacial score (nSPS) is 13.7. The Morgan fingerprint density at radius 2 is 1.88 bits per heavy atom. The molecule has 0 unspecified atom stereocenters. The minimum atomic E-state index is -0.103. The number of aryl methyl sites for hydroxylation is 2. The van der Waals surface area contributed by atoms with Crippen molar-refractivity contribution in [2.45, 2.75) is 31.6 Å². The van der Waals surface area contributed by atoms with Gasteiger partial charge in [-0.15, -0.1) is 0 Å². The van der Waals surface area contributed by atoms with Crippen molar-refractivity contribution < 1.29 is 17.7 Å². The summed E-state index contributed by atoms with van der Waals surface area (Å²) in [7, 11) is 0. The Morgan fingerprint density at radius 1 is 1.12 bits per heavy atom. The third-order valence-electron chi connectivity index (χ3n) is 4.13. The van der Waals surface area contributed by atoms with Crippen molar-refractivity contribution in [3.63, 3.8) is 0 Å². The van der Waals surface area contributed by atoms with Gasteiger partial charge in [0, 0.05) is 32.7 Å². The first-order valence-corrected chi connectivity index (χ1v) is 9.67. The zero-order chi connectivity index (χ0) is 16.9. The van der Waals surface area contributed by atoms with E-state index in [0.717, 1.165) is 24.0 Å². The maximum absolute atomic E-state index is 12.9. The van der Waals surface area contributed by atoms with E-state index >= 15 is 0 Å². The Labute approximate surface area is 147 Å². The van der Waals surface area contributed by atoms with Crippen LogP contribution in [0.25, 0.3) is 0 Å². The van der Waals surface area contributed by atoms with Crippen LogP contribution in [0.15, 0.2) is 28.9 Å². The molecule has 0 atom stereocenters. The lowest BCUT2D eigenvalue weighted by Gasteiger charge is -2.08. The molecule has 5 nitrogen and oxygen atoms in total. The van der Waals surface area contributed by atoms with Crippen molar-refractivity contribution in [1.82, 2.24) is 5.16 Å². The van der Waals surface area contributed by atoms with Crippen LogP contribution in [0.4, 0.5) is 0 Å². The zero-order valence-corrected chi connectivity index (χ0v) is 14.7. The van der Waals surface area contributed by atoms with Crippen molar-refractivity contribution in [3.05, 3.63) is 52.4 Å². The molecule has 0 N–H and O–H groups in total. The van der Waals surface area contributed by atoms with Gasteiger partial charge in [-0.1, -0.05) is 23.4 Å². The summed E-state index contributed by atoms with van der Waals surface area (Å²) in [6.07, 6.45) is 4.73. The molecule has 0 bridgehead atoms. The van der Waals surface area contributed by atoms with Gasteiger partial charge in [0.15, 0.2) is 11.5 Å². The molecular formula is C17H17NO4S2+2. The number of ketones is 1. The Kier molecular flexibility index (Phi) is 5.52. The minimum Gasteiger partial charge on any atom is -0.360 e. The maximum Gasteiger partial charge on any atom is 0.459 e. The molecule has 1 heterocycles. The van der Waals surface area contributed by atoms with Crippen LogP contribution in [0.3, 0.4) is 0 Å². The SMILES string of the molecule is O=[S+]CCc1ccc(C(=O)c2cnoc2C2CC2)c(CC[S+]=O)c1. The van der Waals surface area contributed by atoms with Gasteiger partial charge in [-0.25, -0.2) is 0 Å². The number of rotatable bonds is 9. The lowest BCUT2D eigenvalue weighted by Crippen LogP contribution is -2.09. The first kappa shape index (κ1) is 17.0. The summed E-state index contributed by atoms with van der Waals surface area (Å²) in [6, 6.07) is 5.60. The summed E-state index contributed by atoms with van der Waals surface area (Å²) in [5.74, 6) is 1.77. The maximum atomic E-state index is 12.9. The number of hydrogen-bond donors (Lipinski definition) is 0. The number of nitrogens with zero attached hydrogens (tertiary/aromatic N) is 1. The molecule has 1 saturated carbocycles. The quantitative estimate of drug-likeness (QED) is 0.506. The molecule has 1 fully saturated rings. The Bertz CT molecular complexity index is 768. The molecule has 7 heteroatoms. The highest BCUT2D eigenvalue weighted by Crippen LogP contribution is 2.42. The van der Waals surface area contributed by atoms with Gasteiger partial charge >= 0.3 is 23.3 Å². The van der Waals surface area contributed by atoms with Gasteiger partial charge in [0.25, 0.3) is 0 Å². The van der Waals surface area contributed by atoms with Gasteiger partial charge in [0.1, 0.15) is 0 Å². The van der Waals surface area contributed by atoms with Crippen LogP contribution in [0.1, 0.15) is 51.6 Å². The van der Waals surface area contributed by atoms with Gasteiger partial charge in [0.05, 0.1) is 11.8 Å². The molecule has 1 aromatic carbocycles. The highest BCUT2D eigenvalue weighted by molar-refractivity contribution is 7.65. The van der Waals surface area contributed by atoms with Crippen LogP contribution >= 0.6 is 0 Å². The van der Waals surface area contributed by atoms with Crippen LogP contribution in [-0.4, -0.2) is 22.4 Å². The largest absolute Gasteiger partial charge is 0.459 e. The molecule has 2 aromatic rings. The first-order valence-electron chi connectivity index (χ1n) is 7.85. The smallest absolute Gasteiger partial charge is 0.360 e. The first-order chi connectivity index (χ1) is 11.7. The highest BCUT2D eigenvalue weighted by atomic mass is 32.1. The summed E-state index contributed by atoms with van der Waals surface area (Å²) in [6.45, 7) is 0. The molecule has 1 aliphatic carbocycles. The van der Waals surface area contributed by atoms with Crippen molar-refractivity contribution in [3.8, 4) is 0 Å². The Morgan fingerprint density at radius 3 is 2.58 bits per heavy atom. The van der Waals surface area contributed by atoms with Crippen molar-refractivity contribution in [2.24, 2.45) is 0 Å². The molecule has 0 amide bonds. The summed E-state index contributed by atoms with van der Waals surface area (Å²) < 4.78 is 26.6. The molecule has 3 rings (SSSR count). The zero-order valence-electron chi connectivity index (χ0n) is 13.0. The second-order valence-corrected chi connectivity index (χ2v) is 7.13. The number of benzene rings is 1. The summed E-state index contributed by atoms with van der Waals surface area (Å²) in [5.41, 5.74) is 2.97. The van der Waals surface area contributed by atoms with E-state index in [2.05, 4.69) is 5.16 Å². The van der Waals surface area contributed by atoms with E-state index in [-0.39, 0.29) is 5.78 Å². The van der Waals surface area contributed by atoms with Gasteiger partial charge < -0.3 is 4.52 Å². The lowest BCUT2D eigenvalue weighted by atomic mass is 9.94. The molecule has 1 aliphatic rings. The molecular weight excluding hydrogens is 346 g/mol. The number of hydrogen-bond acceptors (Lipinski definition) is 5. The van der Waals surface area contributed by atoms with Crippen LogP contribution in [0, 0.1) is 0 Å². The van der Waals surface area contributed by atoms with E-state index in [9.17, 15) is 13.2 Å². The van der Waals surface area contributed by atoms with E-state index in [1.54, 1.807) is 6.07 Å². The second-order valence-electron chi connectivity index (χ2n) is 5.84. The highest BCUT2D eigenvalue weighted by Gasteiger charge is 2.33. The summed E-state index contributed by atoms with van der Waals surface area (Å²) >= 11 is 1.06.